The summed E-state index contributed by atoms with van der Waals surface area (Å²) < 4.78 is 12.7. The molecular formula is C13H9Cl2FN2O. The van der Waals surface area contributed by atoms with Gasteiger partial charge in [-0.1, -0.05) is 35.3 Å². The average molecular weight is 299 g/mol. The summed E-state index contributed by atoms with van der Waals surface area (Å²) >= 11 is 11.6. The standard InChI is InChI=1S/C13H9Cl2FN2O/c14-11-7-17-12(15)5-10(11)13(19)18-6-8-1-3-9(16)4-2-8/h1-5,7H,6H2,(H,18,19). The fourth-order valence-electron chi connectivity index (χ4n) is 1.47. The Kier molecular flexibility index (Phi) is 4.35. The van der Waals surface area contributed by atoms with Gasteiger partial charge in [0.25, 0.3) is 5.91 Å². The number of hydrogen-bond acceptors (Lipinski definition) is 2. The molecule has 6 heteroatoms. The molecule has 0 bridgehead atoms. The van der Waals surface area contributed by atoms with E-state index in [9.17, 15) is 9.18 Å². The van der Waals surface area contributed by atoms with Gasteiger partial charge in [-0.05, 0) is 23.8 Å². The van der Waals surface area contributed by atoms with Gasteiger partial charge < -0.3 is 5.32 Å². The van der Waals surface area contributed by atoms with Crippen molar-refractivity contribution >= 4 is 29.1 Å². The van der Waals surface area contributed by atoms with E-state index in [1.807, 2.05) is 0 Å². The van der Waals surface area contributed by atoms with Crippen molar-refractivity contribution in [2.24, 2.45) is 0 Å². The number of amides is 1. The van der Waals surface area contributed by atoms with Crippen LogP contribution in [0.4, 0.5) is 4.39 Å². The number of halogens is 3. The van der Waals surface area contributed by atoms with Crippen molar-refractivity contribution in [3.63, 3.8) is 0 Å². The number of nitrogens with one attached hydrogen (secondary N) is 1. The highest BCUT2D eigenvalue weighted by Crippen LogP contribution is 2.18. The van der Waals surface area contributed by atoms with Crippen LogP contribution in [0.1, 0.15) is 15.9 Å². The molecule has 1 heterocycles. The van der Waals surface area contributed by atoms with Crippen LogP contribution in [0.5, 0.6) is 0 Å². The molecule has 0 atom stereocenters. The summed E-state index contributed by atoms with van der Waals surface area (Å²) in [5.74, 6) is -0.683. The number of aromatic nitrogens is 1. The van der Waals surface area contributed by atoms with Crippen LogP contribution in [0.25, 0.3) is 0 Å². The maximum atomic E-state index is 12.7. The number of rotatable bonds is 3. The number of nitrogens with zero attached hydrogens (tertiary/aromatic N) is 1. The fourth-order valence-corrected chi connectivity index (χ4v) is 1.81. The molecule has 0 aliphatic heterocycles. The molecule has 2 aromatic rings. The number of pyridine rings is 1. The molecule has 3 nitrogen and oxygen atoms in total. The average Bonchev–Trinajstić information content (AvgIpc) is 2.40. The van der Waals surface area contributed by atoms with Crippen LogP contribution in [0.15, 0.2) is 36.5 Å². The zero-order valence-electron chi connectivity index (χ0n) is 9.66. The van der Waals surface area contributed by atoms with Crippen LogP contribution < -0.4 is 5.32 Å². The Bertz CT molecular complexity index is 602. The van der Waals surface area contributed by atoms with Gasteiger partial charge in [-0.3, -0.25) is 4.79 Å². The van der Waals surface area contributed by atoms with Gasteiger partial charge in [-0.15, -0.1) is 0 Å². The van der Waals surface area contributed by atoms with E-state index in [1.165, 1.54) is 24.4 Å². The summed E-state index contributed by atoms with van der Waals surface area (Å²) in [6.45, 7) is 0.273. The Morgan fingerprint density at radius 2 is 1.95 bits per heavy atom. The van der Waals surface area contributed by atoms with Crippen LogP contribution >= 0.6 is 23.2 Å². The first kappa shape index (κ1) is 13.8. The minimum Gasteiger partial charge on any atom is -0.348 e. The third-order valence-corrected chi connectivity index (χ3v) is 2.94. The quantitative estimate of drug-likeness (QED) is 0.882. The summed E-state index contributed by atoms with van der Waals surface area (Å²) in [5, 5.41) is 3.08. The van der Waals surface area contributed by atoms with Crippen molar-refractivity contribution in [2.75, 3.05) is 0 Å². The SMILES string of the molecule is O=C(NCc1ccc(F)cc1)c1cc(Cl)ncc1Cl. The third kappa shape index (κ3) is 3.66. The monoisotopic (exact) mass is 298 g/mol. The van der Waals surface area contributed by atoms with Crippen LogP contribution in [0.2, 0.25) is 10.2 Å². The first-order chi connectivity index (χ1) is 9.06. The molecule has 0 aliphatic rings. The van der Waals surface area contributed by atoms with Crippen molar-refractivity contribution in [1.29, 1.82) is 0 Å². The largest absolute Gasteiger partial charge is 0.348 e. The highest BCUT2D eigenvalue weighted by atomic mass is 35.5. The topological polar surface area (TPSA) is 42.0 Å². The smallest absolute Gasteiger partial charge is 0.253 e. The number of hydrogen-bond donors (Lipinski definition) is 1. The van der Waals surface area contributed by atoms with E-state index in [-0.39, 0.29) is 34.0 Å². The molecule has 2 rings (SSSR count). The van der Waals surface area contributed by atoms with Crippen LogP contribution in [-0.2, 0) is 6.54 Å². The van der Waals surface area contributed by atoms with Gasteiger partial charge in [-0.25, -0.2) is 9.37 Å². The molecular weight excluding hydrogens is 290 g/mol. The maximum absolute atomic E-state index is 12.7. The van der Waals surface area contributed by atoms with Crippen molar-refractivity contribution < 1.29 is 9.18 Å². The Morgan fingerprint density at radius 1 is 1.26 bits per heavy atom. The predicted molar refractivity (Wildman–Crippen MR) is 71.8 cm³/mol. The van der Waals surface area contributed by atoms with Crippen LogP contribution in [-0.4, -0.2) is 10.9 Å². The maximum Gasteiger partial charge on any atom is 0.253 e. The molecule has 1 aromatic carbocycles. The first-order valence-electron chi connectivity index (χ1n) is 5.40. The van der Waals surface area contributed by atoms with E-state index in [1.54, 1.807) is 12.1 Å². The van der Waals surface area contributed by atoms with Gasteiger partial charge in [-0.2, -0.15) is 0 Å². The summed E-state index contributed by atoms with van der Waals surface area (Å²) in [7, 11) is 0. The first-order valence-corrected chi connectivity index (χ1v) is 6.15. The normalized spacial score (nSPS) is 10.3. The second kappa shape index (κ2) is 5.99. The lowest BCUT2D eigenvalue weighted by Crippen LogP contribution is -2.23. The Morgan fingerprint density at radius 3 is 2.63 bits per heavy atom. The minimum absolute atomic E-state index is 0.191. The van der Waals surface area contributed by atoms with Crippen molar-refractivity contribution in [3.05, 3.63) is 63.6 Å². The molecule has 0 saturated heterocycles. The predicted octanol–water partition coefficient (Wildman–Crippen LogP) is 3.46. The van der Waals surface area contributed by atoms with Gasteiger partial charge in [0.1, 0.15) is 11.0 Å². The van der Waals surface area contributed by atoms with Gasteiger partial charge >= 0.3 is 0 Å². The third-order valence-electron chi connectivity index (χ3n) is 2.43. The zero-order chi connectivity index (χ0) is 13.8. The number of carbonyl (C=O) groups is 1. The van der Waals surface area contributed by atoms with Crippen molar-refractivity contribution in [1.82, 2.24) is 10.3 Å². The molecule has 0 spiro atoms. The number of carbonyl (C=O) groups excluding carboxylic acids is 1. The molecule has 19 heavy (non-hydrogen) atoms. The Labute approximate surface area is 119 Å². The number of benzene rings is 1. The van der Waals surface area contributed by atoms with Crippen molar-refractivity contribution in [3.8, 4) is 0 Å². The van der Waals surface area contributed by atoms with Crippen molar-refractivity contribution in [2.45, 2.75) is 6.54 Å². The van der Waals surface area contributed by atoms with E-state index in [0.29, 0.717) is 0 Å². The molecule has 0 aliphatic carbocycles. The second-order valence-corrected chi connectivity index (χ2v) is 4.59. The Hall–Kier alpha value is -1.65. The van der Waals surface area contributed by atoms with Gasteiger partial charge in [0.05, 0.1) is 10.6 Å². The molecule has 1 aromatic heterocycles. The van der Waals surface area contributed by atoms with E-state index in [4.69, 9.17) is 23.2 Å². The van der Waals surface area contributed by atoms with Crippen LogP contribution in [0.3, 0.4) is 0 Å². The molecule has 0 radical (unpaired) electrons. The van der Waals surface area contributed by atoms with E-state index in [2.05, 4.69) is 10.3 Å². The molecule has 1 N–H and O–H groups in total. The lowest BCUT2D eigenvalue weighted by atomic mass is 10.2. The lowest BCUT2D eigenvalue weighted by molar-refractivity contribution is 0.0951. The van der Waals surface area contributed by atoms with E-state index in [0.717, 1.165) is 5.56 Å². The molecule has 0 fully saturated rings. The zero-order valence-corrected chi connectivity index (χ0v) is 11.2. The van der Waals surface area contributed by atoms with E-state index < -0.39 is 0 Å². The molecule has 0 saturated carbocycles. The van der Waals surface area contributed by atoms with E-state index >= 15 is 0 Å². The van der Waals surface area contributed by atoms with Gasteiger partial charge in [0, 0.05) is 12.7 Å². The highest BCUT2D eigenvalue weighted by Gasteiger charge is 2.11. The van der Waals surface area contributed by atoms with Crippen LogP contribution in [0, 0.1) is 5.82 Å². The minimum atomic E-state index is -0.362. The molecule has 98 valence electrons. The summed E-state index contributed by atoms with van der Waals surface area (Å²) in [6, 6.07) is 7.24. The van der Waals surface area contributed by atoms with Gasteiger partial charge in [0.2, 0.25) is 0 Å². The Balaban J connectivity index is 2.05. The summed E-state index contributed by atoms with van der Waals surface area (Å²) in [6.07, 6.45) is 1.32. The fraction of sp³-hybridized carbons (Fsp3) is 0.0769. The summed E-state index contributed by atoms with van der Waals surface area (Å²) in [5.41, 5.74) is 1.04. The summed E-state index contributed by atoms with van der Waals surface area (Å²) in [4.78, 5) is 15.7. The lowest BCUT2D eigenvalue weighted by Gasteiger charge is -2.07. The second-order valence-electron chi connectivity index (χ2n) is 3.80. The van der Waals surface area contributed by atoms with Gasteiger partial charge in [0.15, 0.2) is 0 Å². The molecule has 1 amide bonds. The highest BCUT2D eigenvalue weighted by molar-refractivity contribution is 6.35. The molecule has 0 unspecified atom stereocenters.